The van der Waals surface area contributed by atoms with Gasteiger partial charge in [-0.3, -0.25) is 9.69 Å². The highest BCUT2D eigenvalue weighted by atomic mass is 19.1. The normalized spacial score (nSPS) is 18.1. The highest BCUT2D eigenvalue weighted by Crippen LogP contribution is 2.27. The third-order valence-electron chi connectivity index (χ3n) is 4.68. The number of piperidine rings is 1. The lowest BCUT2D eigenvalue weighted by Crippen LogP contribution is -2.31. The van der Waals surface area contributed by atoms with Crippen LogP contribution in [0.4, 0.5) is 4.39 Å². The molecule has 0 bridgehead atoms. The fourth-order valence-electron chi connectivity index (χ4n) is 3.15. The number of amides is 1. The number of hydrogen-bond donors (Lipinski definition) is 1. The first-order valence-corrected chi connectivity index (χ1v) is 8.61. The number of halogens is 1. The first kappa shape index (κ1) is 17.5. The highest BCUT2D eigenvalue weighted by molar-refractivity contribution is 5.94. The van der Waals surface area contributed by atoms with Gasteiger partial charge in [0.25, 0.3) is 5.91 Å². The molecule has 1 fully saturated rings. The molecule has 1 N–H and O–H groups in total. The number of nitrogens with one attached hydrogen (secondary N) is 1. The van der Waals surface area contributed by atoms with Gasteiger partial charge < -0.3 is 5.32 Å². The minimum absolute atomic E-state index is 0.217. The van der Waals surface area contributed by atoms with Crippen LogP contribution in [0.3, 0.4) is 0 Å². The molecule has 0 spiro atoms. The summed E-state index contributed by atoms with van der Waals surface area (Å²) in [4.78, 5) is 23.7. The maximum absolute atomic E-state index is 12.9. The van der Waals surface area contributed by atoms with Crippen LogP contribution in [0.25, 0.3) is 0 Å². The number of rotatable bonds is 4. The number of nitrogens with zero attached hydrogens (tertiary/aromatic N) is 3. The van der Waals surface area contributed by atoms with Crippen LogP contribution >= 0.6 is 0 Å². The van der Waals surface area contributed by atoms with Crippen molar-refractivity contribution >= 4 is 5.91 Å². The van der Waals surface area contributed by atoms with E-state index in [9.17, 15) is 9.18 Å². The van der Waals surface area contributed by atoms with Gasteiger partial charge in [0, 0.05) is 12.7 Å². The molecular weight excluding hydrogens is 319 g/mol. The van der Waals surface area contributed by atoms with Gasteiger partial charge in [-0.2, -0.15) is 0 Å². The fraction of sp³-hybridized carbons (Fsp3) is 0.421. The van der Waals surface area contributed by atoms with Gasteiger partial charge in [-0.1, -0.05) is 18.6 Å². The highest BCUT2D eigenvalue weighted by Gasteiger charge is 2.24. The molecule has 2 aromatic rings. The lowest BCUT2D eigenvalue weighted by atomic mass is 10.0. The van der Waals surface area contributed by atoms with Gasteiger partial charge in [0.05, 0.1) is 17.3 Å². The van der Waals surface area contributed by atoms with E-state index in [2.05, 4.69) is 27.2 Å². The van der Waals surface area contributed by atoms with Crippen LogP contribution in [0.2, 0.25) is 0 Å². The first-order chi connectivity index (χ1) is 12.0. The molecule has 1 aromatic heterocycles. The molecule has 0 aliphatic carbocycles. The number of benzene rings is 1. The predicted molar refractivity (Wildman–Crippen MR) is 93.6 cm³/mol. The Morgan fingerprint density at radius 1 is 1.32 bits per heavy atom. The van der Waals surface area contributed by atoms with E-state index in [4.69, 9.17) is 0 Å². The summed E-state index contributed by atoms with van der Waals surface area (Å²) in [6.07, 6.45) is 5.04. The Morgan fingerprint density at radius 3 is 2.76 bits per heavy atom. The average Bonchev–Trinajstić information content (AvgIpc) is 2.61. The molecule has 132 valence electrons. The summed E-state index contributed by atoms with van der Waals surface area (Å²) in [7, 11) is 2.09. The Balaban J connectivity index is 1.67. The summed E-state index contributed by atoms with van der Waals surface area (Å²) in [5, 5.41) is 2.83. The summed E-state index contributed by atoms with van der Waals surface area (Å²) < 4.78 is 12.9. The topological polar surface area (TPSA) is 58.1 Å². The van der Waals surface area contributed by atoms with Gasteiger partial charge >= 0.3 is 0 Å². The summed E-state index contributed by atoms with van der Waals surface area (Å²) in [5.74, 6) is 0.280. The maximum Gasteiger partial charge on any atom is 0.254 e. The minimum Gasteiger partial charge on any atom is -0.348 e. The average molecular weight is 342 g/mol. The van der Waals surface area contributed by atoms with Crippen molar-refractivity contribution in [2.75, 3.05) is 13.6 Å². The molecule has 5 nitrogen and oxygen atoms in total. The number of carbonyl (C=O) groups excluding carboxylic acids is 1. The van der Waals surface area contributed by atoms with Crippen molar-refractivity contribution in [3.05, 3.63) is 58.9 Å². The molecular formula is C19H23FN4O. The van der Waals surface area contributed by atoms with Gasteiger partial charge in [-0.05, 0) is 51.1 Å². The third-order valence-corrected chi connectivity index (χ3v) is 4.68. The smallest absolute Gasteiger partial charge is 0.254 e. The predicted octanol–water partition coefficient (Wildman–Crippen LogP) is 3.01. The number of aryl methyl sites for hydroxylation is 1. The second kappa shape index (κ2) is 7.70. The lowest BCUT2D eigenvalue weighted by Gasteiger charge is -2.31. The zero-order chi connectivity index (χ0) is 17.8. The summed E-state index contributed by atoms with van der Waals surface area (Å²) in [6.45, 7) is 3.22. The molecule has 6 heteroatoms. The maximum atomic E-state index is 12.9. The van der Waals surface area contributed by atoms with Crippen LogP contribution in [0, 0.1) is 12.7 Å². The zero-order valence-electron chi connectivity index (χ0n) is 14.6. The van der Waals surface area contributed by atoms with E-state index in [0.717, 1.165) is 24.4 Å². The van der Waals surface area contributed by atoms with Crippen LogP contribution in [0.15, 0.2) is 30.5 Å². The largest absolute Gasteiger partial charge is 0.348 e. The third kappa shape index (κ3) is 4.20. The molecule has 1 atom stereocenters. The van der Waals surface area contributed by atoms with E-state index >= 15 is 0 Å². The number of likely N-dealkylation sites (tertiary alicyclic amines) is 1. The van der Waals surface area contributed by atoms with E-state index in [-0.39, 0.29) is 17.8 Å². The molecule has 1 amide bonds. The van der Waals surface area contributed by atoms with Gasteiger partial charge in [-0.25, -0.2) is 14.4 Å². The molecule has 1 unspecified atom stereocenters. The van der Waals surface area contributed by atoms with E-state index in [1.807, 2.05) is 6.92 Å². The molecule has 1 saturated heterocycles. The Kier molecular flexibility index (Phi) is 5.38. The monoisotopic (exact) mass is 342 g/mol. The van der Waals surface area contributed by atoms with Gasteiger partial charge in [0.2, 0.25) is 0 Å². The summed E-state index contributed by atoms with van der Waals surface area (Å²) >= 11 is 0. The van der Waals surface area contributed by atoms with Crippen molar-refractivity contribution in [3.63, 3.8) is 0 Å². The van der Waals surface area contributed by atoms with E-state index in [1.54, 1.807) is 18.3 Å². The van der Waals surface area contributed by atoms with E-state index in [1.165, 1.54) is 25.0 Å². The summed E-state index contributed by atoms with van der Waals surface area (Å²) in [5.41, 5.74) is 2.00. The van der Waals surface area contributed by atoms with Crippen molar-refractivity contribution < 1.29 is 9.18 Å². The standard InChI is InChI=1S/C19H23FN4O/c1-13-16(19(25)22-11-14-6-8-15(20)9-7-14)12-21-18(23-13)17-5-3-4-10-24(17)2/h6-9,12,17H,3-5,10-11H2,1-2H3,(H,22,25). The van der Waals surface area contributed by atoms with Crippen LogP contribution < -0.4 is 5.32 Å². The Morgan fingerprint density at radius 2 is 2.08 bits per heavy atom. The van der Waals surface area contributed by atoms with Crippen molar-refractivity contribution in [1.82, 2.24) is 20.2 Å². The fourth-order valence-corrected chi connectivity index (χ4v) is 3.15. The minimum atomic E-state index is -0.289. The van der Waals surface area contributed by atoms with E-state index < -0.39 is 0 Å². The Labute approximate surface area is 147 Å². The molecule has 25 heavy (non-hydrogen) atoms. The second-order valence-corrected chi connectivity index (χ2v) is 6.53. The van der Waals surface area contributed by atoms with Crippen molar-refractivity contribution in [1.29, 1.82) is 0 Å². The summed E-state index contributed by atoms with van der Waals surface area (Å²) in [6, 6.07) is 6.29. The van der Waals surface area contributed by atoms with Gasteiger partial charge in [-0.15, -0.1) is 0 Å². The molecule has 2 heterocycles. The van der Waals surface area contributed by atoms with Crippen molar-refractivity contribution in [3.8, 4) is 0 Å². The molecule has 1 aliphatic rings. The Bertz CT molecular complexity index is 748. The molecule has 0 saturated carbocycles. The molecule has 3 rings (SSSR count). The number of hydrogen-bond acceptors (Lipinski definition) is 4. The number of carbonyl (C=O) groups is 1. The Hall–Kier alpha value is -2.34. The van der Waals surface area contributed by atoms with E-state index in [0.29, 0.717) is 17.8 Å². The number of aromatic nitrogens is 2. The molecule has 1 aliphatic heterocycles. The van der Waals surface area contributed by atoms with Crippen LogP contribution in [-0.4, -0.2) is 34.4 Å². The van der Waals surface area contributed by atoms with Crippen molar-refractivity contribution in [2.45, 2.75) is 38.8 Å². The van der Waals surface area contributed by atoms with Crippen LogP contribution in [0.5, 0.6) is 0 Å². The van der Waals surface area contributed by atoms with Crippen LogP contribution in [-0.2, 0) is 6.54 Å². The second-order valence-electron chi connectivity index (χ2n) is 6.53. The quantitative estimate of drug-likeness (QED) is 0.928. The van der Waals surface area contributed by atoms with Crippen LogP contribution in [0.1, 0.15) is 52.7 Å². The van der Waals surface area contributed by atoms with Gasteiger partial charge in [0.1, 0.15) is 11.6 Å². The molecule has 0 radical (unpaired) electrons. The lowest BCUT2D eigenvalue weighted by molar-refractivity contribution is 0.0949. The SMILES string of the molecule is Cc1nc(C2CCCCN2C)ncc1C(=O)NCc1ccc(F)cc1. The molecule has 1 aromatic carbocycles. The van der Waals surface area contributed by atoms with Crippen molar-refractivity contribution in [2.24, 2.45) is 0 Å². The first-order valence-electron chi connectivity index (χ1n) is 8.61. The zero-order valence-corrected chi connectivity index (χ0v) is 14.6. The van der Waals surface area contributed by atoms with Gasteiger partial charge in [0.15, 0.2) is 0 Å².